The van der Waals surface area contributed by atoms with E-state index in [4.69, 9.17) is 11.6 Å². The smallest absolute Gasteiger partial charge is 0.148 e. The third-order valence-corrected chi connectivity index (χ3v) is 3.89. The van der Waals surface area contributed by atoms with Gasteiger partial charge in [0.05, 0.1) is 0 Å². The second-order valence-corrected chi connectivity index (χ2v) is 5.31. The van der Waals surface area contributed by atoms with Crippen LogP contribution in [0.1, 0.15) is 24.3 Å². The summed E-state index contributed by atoms with van der Waals surface area (Å²) in [5, 5.41) is 8.66. The van der Waals surface area contributed by atoms with E-state index in [0.29, 0.717) is 12.0 Å². The van der Waals surface area contributed by atoms with Gasteiger partial charge in [0.25, 0.3) is 0 Å². The van der Waals surface area contributed by atoms with Crippen molar-refractivity contribution in [3.63, 3.8) is 0 Å². The van der Waals surface area contributed by atoms with E-state index in [1.165, 1.54) is 5.56 Å². The lowest BCUT2D eigenvalue weighted by Gasteiger charge is -2.36. The van der Waals surface area contributed by atoms with E-state index in [9.17, 15) is 0 Å². The molecule has 0 aliphatic heterocycles. The van der Waals surface area contributed by atoms with Gasteiger partial charge >= 0.3 is 0 Å². The quantitative estimate of drug-likeness (QED) is 0.917. The zero-order valence-electron chi connectivity index (χ0n) is 10.3. The summed E-state index contributed by atoms with van der Waals surface area (Å²) in [6, 6.07) is 10.7. The molecular formula is C14H16ClN3. The minimum Gasteiger partial charge on any atom is -0.366 e. The molecule has 4 heteroatoms. The molecule has 1 heterocycles. The molecule has 1 aliphatic rings. The van der Waals surface area contributed by atoms with Crippen LogP contribution in [-0.4, -0.2) is 15.8 Å². The molecule has 0 spiro atoms. The molecular weight excluding hydrogens is 246 g/mol. The molecule has 1 saturated carbocycles. The number of benzene rings is 1. The predicted molar refractivity (Wildman–Crippen MR) is 74.0 cm³/mol. The van der Waals surface area contributed by atoms with E-state index in [-0.39, 0.29) is 0 Å². The van der Waals surface area contributed by atoms with Gasteiger partial charge in [0.15, 0.2) is 0 Å². The van der Waals surface area contributed by atoms with Crippen molar-refractivity contribution < 1.29 is 0 Å². The van der Waals surface area contributed by atoms with Crippen LogP contribution in [0.25, 0.3) is 0 Å². The fraction of sp³-hybridized carbons (Fsp3) is 0.357. The molecule has 1 fully saturated rings. The van der Waals surface area contributed by atoms with Crippen LogP contribution < -0.4 is 5.32 Å². The Morgan fingerprint density at radius 2 is 2.06 bits per heavy atom. The molecule has 1 aromatic carbocycles. The monoisotopic (exact) mass is 261 g/mol. The van der Waals surface area contributed by atoms with Gasteiger partial charge in [0.1, 0.15) is 5.82 Å². The van der Waals surface area contributed by atoms with Crippen molar-refractivity contribution in [3.8, 4) is 0 Å². The topological polar surface area (TPSA) is 29.9 Å². The second kappa shape index (κ2) is 4.65. The third-order valence-electron chi connectivity index (χ3n) is 3.55. The largest absolute Gasteiger partial charge is 0.366 e. The number of aryl methyl sites for hydroxylation is 1. The third kappa shape index (κ3) is 2.23. The summed E-state index contributed by atoms with van der Waals surface area (Å²) in [6.45, 7) is 0. The number of hydrogen-bond donors (Lipinski definition) is 1. The van der Waals surface area contributed by atoms with Crippen LogP contribution in [0.5, 0.6) is 0 Å². The van der Waals surface area contributed by atoms with Gasteiger partial charge in [0, 0.05) is 30.4 Å². The Labute approximate surface area is 112 Å². The van der Waals surface area contributed by atoms with E-state index < -0.39 is 0 Å². The van der Waals surface area contributed by atoms with E-state index in [1.807, 2.05) is 36.1 Å². The zero-order valence-corrected chi connectivity index (χ0v) is 11.1. The van der Waals surface area contributed by atoms with Gasteiger partial charge in [-0.2, -0.15) is 5.10 Å². The summed E-state index contributed by atoms with van der Waals surface area (Å²) in [6.07, 6.45) is 4.20. The van der Waals surface area contributed by atoms with Crippen LogP contribution >= 0.6 is 11.6 Å². The molecule has 2 aromatic rings. The highest BCUT2D eigenvalue weighted by atomic mass is 35.5. The van der Waals surface area contributed by atoms with Crippen LogP contribution in [0.15, 0.2) is 36.5 Å². The summed E-state index contributed by atoms with van der Waals surface area (Å²) in [5.41, 5.74) is 1.28. The van der Waals surface area contributed by atoms with E-state index >= 15 is 0 Å². The molecule has 0 saturated heterocycles. The highest BCUT2D eigenvalue weighted by Crippen LogP contribution is 2.40. The summed E-state index contributed by atoms with van der Waals surface area (Å²) < 4.78 is 1.81. The summed E-state index contributed by atoms with van der Waals surface area (Å²) in [4.78, 5) is 0. The lowest BCUT2D eigenvalue weighted by molar-refractivity contribution is 0.373. The van der Waals surface area contributed by atoms with Crippen LogP contribution in [0.4, 0.5) is 5.82 Å². The van der Waals surface area contributed by atoms with Gasteiger partial charge in [0.2, 0.25) is 0 Å². The van der Waals surface area contributed by atoms with Crippen molar-refractivity contribution >= 4 is 17.4 Å². The normalized spacial score (nSPS) is 22.6. The average Bonchev–Trinajstić information content (AvgIpc) is 2.70. The van der Waals surface area contributed by atoms with Crippen LogP contribution in [0.3, 0.4) is 0 Å². The lowest BCUT2D eigenvalue weighted by Crippen LogP contribution is -2.34. The first-order valence-corrected chi connectivity index (χ1v) is 6.61. The van der Waals surface area contributed by atoms with Gasteiger partial charge in [-0.05, 0) is 30.4 Å². The predicted octanol–water partition coefficient (Wildman–Crippen LogP) is 3.43. The van der Waals surface area contributed by atoms with Crippen molar-refractivity contribution in [2.24, 2.45) is 7.05 Å². The molecule has 0 amide bonds. The highest BCUT2D eigenvalue weighted by molar-refractivity contribution is 6.31. The molecule has 3 rings (SSSR count). The summed E-state index contributed by atoms with van der Waals surface area (Å²) in [7, 11) is 1.93. The van der Waals surface area contributed by atoms with Gasteiger partial charge in [-0.1, -0.05) is 29.8 Å². The molecule has 18 heavy (non-hydrogen) atoms. The Balaban J connectivity index is 1.59. The lowest BCUT2D eigenvalue weighted by atomic mass is 9.76. The number of anilines is 1. The van der Waals surface area contributed by atoms with Crippen LogP contribution in [-0.2, 0) is 7.05 Å². The second-order valence-electron chi connectivity index (χ2n) is 4.91. The minimum absolute atomic E-state index is 0.515. The number of aromatic nitrogens is 2. The molecule has 0 atom stereocenters. The molecule has 0 bridgehead atoms. The highest BCUT2D eigenvalue weighted by Gasteiger charge is 2.31. The van der Waals surface area contributed by atoms with Gasteiger partial charge in [-0.3, -0.25) is 4.68 Å². The Kier molecular flexibility index (Phi) is 3.00. The molecule has 1 N–H and O–H groups in total. The Bertz CT molecular complexity index is 543. The molecule has 0 unspecified atom stereocenters. The maximum atomic E-state index is 6.21. The standard InChI is InChI=1S/C14H16ClN3/c1-18-7-6-14(17-18)16-11-8-10(9-11)12-4-2-3-5-13(12)15/h2-7,10-11H,8-9H2,1H3,(H,16,17). The number of nitrogens with zero attached hydrogens (tertiary/aromatic N) is 2. The minimum atomic E-state index is 0.515. The summed E-state index contributed by atoms with van der Waals surface area (Å²) >= 11 is 6.21. The number of hydrogen-bond acceptors (Lipinski definition) is 2. The SMILES string of the molecule is Cn1ccc(NC2CC(c3ccccc3Cl)C2)n1. The molecule has 1 aliphatic carbocycles. The fourth-order valence-corrected chi connectivity index (χ4v) is 2.79. The van der Waals surface area contributed by atoms with Gasteiger partial charge in [-0.15, -0.1) is 0 Å². The molecule has 0 radical (unpaired) electrons. The maximum absolute atomic E-state index is 6.21. The van der Waals surface area contributed by atoms with E-state index in [1.54, 1.807) is 0 Å². The van der Waals surface area contributed by atoms with Crippen molar-refractivity contribution in [3.05, 3.63) is 47.1 Å². The van der Waals surface area contributed by atoms with Crippen LogP contribution in [0.2, 0.25) is 5.02 Å². The molecule has 94 valence electrons. The molecule has 3 nitrogen and oxygen atoms in total. The van der Waals surface area contributed by atoms with E-state index in [0.717, 1.165) is 23.7 Å². The first-order valence-electron chi connectivity index (χ1n) is 6.23. The van der Waals surface area contributed by atoms with Gasteiger partial charge < -0.3 is 5.32 Å². The number of rotatable bonds is 3. The maximum Gasteiger partial charge on any atom is 0.148 e. The first kappa shape index (κ1) is 11.6. The number of nitrogens with one attached hydrogen (secondary N) is 1. The van der Waals surface area contributed by atoms with Crippen LogP contribution in [0, 0.1) is 0 Å². The van der Waals surface area contributed by atoms with Crippen molar-refractivity contribution in [2.75, 3.05) is 5.32 Å². The van der Waals surface area contributed by atoms with Crippen molar-refractivity contribution in [1.82, 2.24) is 9.78 Å². The van der Waals surface area contributed by atoms with Gasteiger partial charge in [-0.25, -0.2) is 0 Å². The van der Waals surface area contributed by atoms with Crippen molar-refractivity contribution in [1.29, 1.82) is 0 Å². The zero-order chi connectivity index (χ0) is 12.5. The Hall–Kier alpha value is -1.48. The van der Waals surface area contributed by atoms with Crippen molar-refractivity contribution in [2.45, 2.75) is 24.8 Å². The number of halogens is 1. The fourth-order valence-electron chi connectivity index (χ4n) is 2.50. The van der Waals surface area contributed by atoms with E-state index in [2.05, 4.69) is 22.5 Å². The summed E-state index contributed by atoms with van der Waals surface area (Å²) in [5.74, 6) is 1.54. The first-order chi connectivity index (χ1) is 8.72. The average molecular weight is 262 g/mol. The Morgan fingerprint density at radius 3 is 2.72 bits per heavy atom. The Morgan fingerprint density at radius 1 is 1.28 bits per heavy atom. The molecule has 1 aromatic heterocycles.